The second-order valence-corrected chi connectivity index (χ2v) is 6.81. The molecule has 2 aliphatic heterocycles. The van der Waals surface area contributed by atoms with Crippen LogP contribution in [0.4, 0.5) is 5.00 Å². The Balaban J connectivity index is 2.09. The van der Waals surface area contributed by atoms with Gasteiger partial charge in [-0.1, -0.05) is 0 Å². The summed E-state index contributed by atoms with van der Waals surface area (Å²) in [6.07, 6.45) is 0. The van der Waals surface area contributed by atoms with Crippen LogP contribution in [-0.4, -0.2) is 56.2 Å². The molecule has 0 amide bonds. The Kier molecular flexibility index (Phi) is 1.73. The van der Waals surface area contributed by atoms with Gasteiger partial charge in [-0.15, -0.1) is 11.3 Å². The quantitative estimate of drug-likeness (QED) is 0.776. The number of nitrogens with zero attached hydrogens (tertiary/aromatic N) is 2. The fourth-order valence-corrected chi connectivity index (χ4v) is 2.76. The number of hydrogen-bond donors (Lipinski definition) is 0. The van der Waals surface area contributed by atoms with E-state index in [0.717, 1.165) is 11.3 Å². The summed E-state index contributed by atoms with van der Waals surface area (Å²) >= 11 is 0.851. The highest BCUT2D eigenvalue weighted by molar-refractivity contribution is 7.15. The Morgan fingerprint density at radius 2 is 1.81 bits per heavy atom. The van der Waals surface area contributed by atoms with Gasteiger partial charge >= 0.3 is 7.12 Å². The smallest absolute Gasteiger partial charge is 0.399 e. The number of likely N-dealkylation sites (N-methyl/N-ethyl adjacent to an activating group) is 1. The average molecular weight is 319 g/mol. The van der Waals surface area contributed by atoms with E-state index in [9.17, 15) is 0 Å². The highest BCUT2D eigenvalue weighted by Gasteiger charge is 2.51. The molecular formula is C15H25BN2O2S. The highest BCUT2D eigenvalue weighted by Crippen LogP contribution is 2.37. The first-order chi connectivity index (χ1) is 14.0. The summed E-state index contributed by atoms with van der Waals surface area (Å²) in [6.45, 7) is -9.41. The molecule has 3 heterocycles. The Bertz CT molecular complexity index is 858. The maximum absolute atomic E-state index is 8.37. The Labute approximate surface area is 147 Å². The van der Waals surface area contributed by atoms with Crippen molar-refractivity contribution in [3.05, 3.63) is 11.4 Å². The van der Waals surface area contributed by atoms with Gasteiger partial charge in [0.25, 0.3) is 0 Å². The third-order valence-electron chi connectivity index (χ3n) is 3.90. The van der Waals surface area contributed by atoms with Crippen molar-refractivity contribution in [3.8, 4) is 0 Å². The van der Waals surface area contributed by atoms with Gasteiger partial charge in [-0.3, -0.25) is 0 Å². The van der Waals surface area contributed by atoms with Crippen molar-refractivity contribution < 1.29 is 24.4 Å². The van der Waals surface area contributed by atoms with Crippen LogP contribution in [-0.2, 0) is 9.31 Å². The lowest BCUT2D eigenvalue weighted by molar-refractivity contribution is 0.00578. The lowest BCUT2D eigenvalue weighted by Gasteiger charge is -2.32. The van der Waals surface area contributed by atoms with Gasteiger partial charge in [-0.2, -0.15) is 0 Å². The molecule has 0 aromatic carbocycles. The molecule has 1 aromatic rings. The van der Waals surface area contributed by atoms with E-state index in [1.165, 1.54) is 11.4 Å². The molecule has 21 heavy (non-hydrogen) atoms. The Morgan fingerprint density at radius 1 is 1.19 bits per heavy atom. The molecule has 116 valence electrons. The van der Waals surface area contributed by atoms with Crippen molar-refractivity contribution in [1.82, 2.24) is 4.90 Å². The van der Waals surface area contributed by atoms with E-state index in [2.05, 4.69) is 0 Å². The minimum absolute atomic E-state index is 0.136. The molecule has 0 atom stereocenters. The fraction of sp³-hybridized carbons (Fsp3) is 0.733. The monoisotopic (exact) mass is 319 g/mol. The number of anilines is 1. The summed E-state index contributed by atoms with van der Waals surface area (Å²) in [5.74, 6) is 0. The van der Waals surface area contributed by atoms with Gasteiger partial charge in [0.05, 0.1) is 21.7 Å². The Morgan fingerprint density at radius 3 is 2.38 bits per heavy atom. The molecule has 2 fully saturated rings. The van der Waals surface area contributed by atoms with Crippen molar-refractivity contribution in [2.24, 2.45) is 0 Å². The highest BCUT2D eigenvalue weighted by atomic mass is 32.1. The second kappa shape index (κ2) is 5.27. The molecule has 0 saturated carbocycles. The topological polar surface area (TPSA) is 24.9 Å². The van der Waals surface area contributed by atoms with Gasteiger partial charge in [0.2, 0.25) is 0 Å². The van der Waals surface area contributed by atoms with Crippen molar-refractivity contribution >= 4 is 28.9 Å². The van der Waals surface area contributed by atoms with Crippen molar-refractivity contribution in [2.75, 3.05) is 37.9 Å². The number of rotatable bonds is 2. The minimum Gasteiger partial charge on any atom is -0.399 e. The molecule has 0 unspecified atom stereocenters. The zero-order chi connectivity index (χ0) is 24.9. The van der Waals surface area contributed by atoms with Crippen LogP contribution in [0.1, 0.15) is 42.8 Å². The molecule has 0 N–H and O–H groups in total. The van der Waals surface area contributed by atoms with E-state index < -0.39 is 51.3 Å². The predicted molar refractivity (Wildman–Crippen MR) is 89.7 cm³/mol. The number of hydrogen-bond acceptors (Lipinski definition) is 5. The Hall–Kier alpha value is -0.555. The maximum atomic E-state index is 8.37. The summed E-state index contributed by atoms with van der Waals surface area (Å²) in [6, 6.07) is 1.35. The largest absolute Gasteiger partial charge is 0.495 e. The van der Waals surface area contributed by atoms with E-state index in [-0.39, 0.29) is 9.90 Å². The molecule has 0 bridgehead atoms. The van der Waals surface area contributed by atoms with Gasteiger partial charge in [-0.05, 0) is 51.6 Å². The molecule has 1 aromatic heterocycles. The van der Waals surface area contributed by atoms with Gasteiger partial charge in [0.15, 0.2) is 0 Å². The van der Waals surface area contributed by atoms with E-state index in [0.29, 0.717) is 10.4 Å². The van der Waals surface area contributed by atoms with Crippen LogP contribution in [0.2, 0.25) is 0 Å². The summed E-state index contributed by atoms with van der Waals surface area (Å²) < 4.78 is 101. The molecule has 2 aliphatic rings. The lowest BCUT2D eigenvalue weighted by atomic mass is 9.81. The van der Waals surface area contributed by atoms with Crippen LogP contribution in [0.5, 0.6) is 0 Å². The molecule has 2 saturated heterocycles. The molecule has 4 nitrogen and oxygen atoms in total. The molecule has 0 radical (unpaired) electrons. The zero-order valence-electron chi connectivity index (χ0n) is 23.4. The minimum atomic E-state index is -3.44. The number of piperazine rings is 1. The van der Waals surface area contributed by atoms with Crippen molar-refractivity contribution in [3.63, 3.8) is 0 Å². The fourth-order valence-electron chi connectivity index (χ4n) is 1.93. The summed E-state index contributed by atoms with van der Waals surface area (Å²) in [4.78, 5) is -0.00606. The van der Waals surface area contributed by atoms with Crippen LogP contribution in [0.25, 0.3) is 0 Å². The van der Waals surface area contributed by atoms with Crippen LogP contribution in [0.15, 0.2) is 11.4 Å². The first-order valence-corrected chi connectivity index (χ1v) is 7.45. The molecular weight excluding hydrogens is 283 g/mol. The lowest BCUT2D eigenvalue weighted by Crippen LogP contribution is -2.44. The summed E-state index contributed by atoms with van der Waals surface area (Å²) in [5.41, 5.74) is -0.901. The van der Waals surface area contributed by atoms with Crippen LogP contribution >= 0.6 is 11.3 Å². The first kappa shape index (κ1) is 6.91. The third kappa shape index (κ3) is 2.87. The molecule has 6 heteroatoms. The first-order valence-electron chi connectivity index (χ1n) is 12.1. The normalized spacial score (nSPS) is 43.5. The predicted octanol–water partition coefficient (Wildman–Crippen LogP) is 1.80. The SMILES string of the molecule is [2H]C([2H])([2H])N1C([2H])([2H])C([2H])([2H])N(c2cc(B3OC(C)(C)C(C)(C)O3)cs2)C([2H])([2H])C1([2H])[2H]. The van der Waals surface area contributed by atoms with Gasteiger partial charge in [0.1, 0.15) is 0 Å². The third-order valence-corrected chi connectivity index (χ3v) is 4.83. The molecule has 3 rings (SSSR count). The van der Waals surface area contributed by atoms with E-state index in [1.54, 1.807) is 0 Å². The number of thiophene rings is 1. The van der Waals surface area contributed by atoms with E-state index in [4.69, 9.17) is 24.4 Å². The maximum Gasteiger partial charge on any atom is 0.495 e. The second-order valence-electron chi connectivity index (χ2n) is 5.92. The standard InChI is InChI=1S/C15H25BN2O2S/c1-14(2)15(3,4)20-16(19-14)12-10-13(21-11-12)18-8-6-17(5)7-9-18/h10-11H,6-9H2,1-5H3/i5D3,6D2,7D2,8D2,9D2. The van der Waals surface area contributed by atoms with E-state index >= 15 is 0 Å². The summed E-state index contributed by atoms with van der Waals surface area (Å²) in [5, 5.41) is 1.40. The summed E-state index contributed by atoms with van der Waals surface area (Å²) in [7, 11) is -0.848. The van der Waals surface area contributed by atoms with Crippen molar-refractivity contribution in [2.45, 2.75) is 38.9 Å². The average Bonchev–Trinajstić information content (AvgIpc) is 3.06. The molecule has 0 spiro atoms. The van der Waals surface area contributed by atoms with Crippen LogP contribution in [0, 0.1) is 0 Å². The van der Waals surface area contributed by atoms with Crippen molar-refractivity contribution in [1.29, 1.82) is 0 Å². The molecule has 0 aliphatic carbocycles. The zero-order valence-corrected chi connectivity index (χ0v) is 13.2. The van der Waals surface area contributed by atoms with Gasteiger partial charge in [-0.25, -0.2) is 0 Å². The van der Waals surface area contributed by atoms with E-state index in [1.807, 2.05) is 27.7 Å². The van der Waals surface area contributed by atoms with Gasteiger partial charge < -0.3 is 19.1 Å². The van der Waals surface area contributed by atoms with Crippen LogP contribution < -0.4 is 10.4 Å². The van der Waals surface area contributed by atoms with Crippen LogP contribution in [0.3, 0.4) is 0 Å². The van der Waals surface area contributed by atoms with Gasteiger partial charge in [0, 0.05) is 35.6 Å².